The lowest BCUT2D eigenvalue weighted by molar-refractivity contribution is -0.117. The van der Waals surface area contributed by atoms with Crippen LogP contribution in [-0.4, -0.2) is 34.3 Å². The molecule has 1 aromatic carbocycles. The molecule has 0 unspecified atom stereocenters. The number of benzene rings is 1. The molecule has 2 amide bonds. The molecule has 0 fully saturated rings. The number of aryl methyl sites for hydroxylation is 2. The zero-order valence-electron chi connectivity index (χ0n) is 12.8. The Morgan fingerprint density at radius 1 is 1.18 bits per heavy atom. The summed E-state index contributed by atoms with van der Waals surface area (Å²) in [5.41, 5.74) is 1.88. The van der Waals surface area contributed by atoms with Gasteiger partial charge in [0.25, 0.3) is 0 Å². The minimum atomic E-state index is -0.747. The SMILES string of the molecule is COC(=O)N[C@@H](C)C(=O)Nc1ccc2c(c1)n(C)c(=O)n2C. The minimum absolute atomic E-state index is 0.140. The fourth-order valence-electron chi connectivity index (χ4n) is 2.14. The van der Waals surface area contributed by atoms with Gasteiger partial charge in [0.1, 0.15) is 6.04 Å². The van der Waals surface area contributed by atoms with Gasteiger partial charge >= 0.3 is 11.8 Å². The molecule has 1 atom stereocenters. The molecule has 0 bridgehead atoms. The predicted molar refractivity (Wildman–Crippen MR) is 81.8 cm³/mol. The van der Waals surface area contributed by atoms with Crippen LogP contribution < -0.4 is 16.3 Å². The van der Waals surface area contributed by atoms with E-state index >= 15 is 0 Å². The molecule has 22 heavy (non-hydrogen) atoms. The first-order valence-electron chi connectivity index (χ1n) is 6.66. The van der Waals surface area contributed by atoms with E-state index in [1.807, 2.05) is 0 Å². The number of carbonyl (C=O) groups is 2. The van der Waals surface area contributed by atoms with Crippen LogP contribution in [0.2, 0.25) is 0 Å². The van der Waals surface area contributed by atoms with Crippen molar-refractivity contribution in [1.82, 2.24) is 14.5 Å². The molecular formula is C14H18N4O4. The summed E-state index contributed by atoms with van der Waals surface area (Å²) in [6.07, 6.45) is -0.677. The van der Waals surface area contributed by atoms with E-state index in [0.29, 0.717) is 11.2 Å². The molecule has 1 aromatic heterocycles. The van der Waals surface area contributed by atoms with Gasteiger partial charge in [0, 0.05) is 19.8 Å². The maximum Gasteiger partial charge on any atom is 0.407 e. The van der Waals surface area contributed by atoms with Crippen molar-refractivity contribution in [3.05, 3.63) is 28.7 Å². The summed E-state index contributed by atoms with van der Waals surface area (Å²) in [7, 11) is 4.58. The molecule has 0 saturated carbocycles. The second-order valence-corrected chi connectivity index (χ2v) is 4.95. The molecule has 0 aliphatic heterocycles. The summed E-state index contributed by atoms with van der Waals surface area (Å²) in [6, 6.07) is 4.41. The molecule has 0 aliphatic carbocycles. The number of fused-ring (bicyclic) bond motifs is 1. The van der Waals surface area contributed by atoms with Gasteiger partial charge < -0.3 is 15.4 Å². The Kier molecular flexibility index (Phi) is 4.20. The van der Waals surface area contributed by atoms with Crippen LogP contribution in [0.4, 0.5) is 10.5 Å². The average Bonchev–Trinajstić information content (AvgIpc) is 2.71. The average molecular weight is 306 g/mol. The van der Waals surface area contributed by atoms with E-state index in [-0.39, 0.29) is 11.6 Å². The van der Waals surface area contributed by atoms with Gasteiger partial charge in [-0.05, 0) is 25.1 Å². The first kappa shape index (κ1) is 15.6. The van der Waals surface area contributed by atoms with Gasteiger partial charge in [-0.1, -0.05) is 0 Å². The number of aromatic nitrogens is 2. The monoisotopic (exact) mass is 306 g/mol. The largest absolute Gasteiger partial charge is 0.453 e. The van der Waals surface area contributed by atoms with Gasteiger partial charge in [-0.3, -0.25) is 13.9 Å². The fraction of sp³-hybridized carbons (Fsp3) is 0.357. The molecule has 1 heterocycles. The summed E-state index contributed by atoms with van der Waals surface area (Å²) in [4.78, 5) is 34.9. The van der Waals surface area contributed by atoms with Gasteiger partial charge in [-0.15, -0.1) is 0 Å². The number of anilines is 1. The minimum Gasteiger partial charge on any atom is -0.453 e. The fourth-order valence-corrected chi connectivity index (χ4v) is 2.14. The first-order chi connectivity index (χ1) is 10.3. The molecule has 0 saturated heterocycles. The maximum atomic E-state index is 12.0. The van der Waals surface area contributed by atoms with Crippen LogP contribution in [0.15, 0.2) is 23.0 Å². The van der Waals surface area contributed by atoms with Crippen LogP contribution in [0.5, 0.6) is 0 Å². The van der Waals surface area contributed by atoms with Crippen LogP contribution in [-0.2, 0) is 23.6 Å². The van der Waals surface area contributed by atoms with Gasteiger partial charge in [-0.2, -0.15) is 0 Å². The highest BCUT2D eigenvalue weighted by Gasteiger charge is 2.16. The van der Waals surface area contributed by atoms with E-state index in [2.05, 4.69) is 15.4 Å². The van der Waals surface area contributed by atoms with Gasteiger partial charge in [0.15, 0.2) is 0 Å². The van der Waals surface area contributed by atoms with E-state index in [4.69, 9.17) is 0 Å². The van der Waals surface area contributed by atoms with Crippen molar-refractivity contribution in [2.75, 3.05) is 12.4 Å². The molecule has 2 aromatic rings. The van der Waals surface area contributed by atoms with Crippen LogP contribution in [0.1, 0.15) is 6.92 Å². The van der Waals surface area contributed by atoms with Crippen molar-refractivity contribution in [3.63, 3.8) is 0 Å². The maximum absolute atomic E-state index is 12.0. The van der Waals surface area contributed by atoms with Crippen molar-refractivity contribution >= 4 is 28.7 Å². The molecule has 2 rings (SSSR count). The third kappa shape index (κ3) is 2.80. The van der Waals surface area contributed by atoms with Crippen molar-refractivity contribution in [3.8, 4) is 0 Å². The summed E-state index contributed by atoms with van der Waals surface area (Å²) in [5, 5.41) is 5.06. The van der Waals surface area contributed by atoms with Crippen molar-refractivity contribution in [2.24, 2.45) is 14.1 Å². The number of rotatable bonds is 3. The Bertz CT molecular complexity index is 790. The van der Waals surface area contributed by atoms with Crippen LogP contribution in [0, 0.1) is 0 Å². The van der Waals surface area contributed by atoms with E-state index < -0.39 is 12.1 Å². The lowest BCUT2D eigenvalue weighted by Crippen LogP contribution is -2.41. The van der Waals surface area contributed by atoms with Crippen molar-refractivity contribution in [2.45, 2.75) is 13.0 Å². The van der Waals surface area contributed by atoms with E-state index in [1.165, 1.54) is 16.2 Å². The molecule has 8 heteroatoms. The number of ether oxygens (including phenoxy) is 1. The number of amides is 2. The Hall–Kier alpha value is -2.77. The third-order valence-corrected chi connectivity index (χ3v) is 3.45. The molecule has 2 N–H and O–H groups in total. The second kappa shape index (κ2) is 5.92. The third-order valence-electron chi connectivity index (χ3n) is 3.45. The summed E-state index contributed by atoms with van der Waals surface area (Å²) < 4.78 is 7.47. The normalized spacial score (nSPS) is 12.0. The van der Waals surface area contributed by atoms with Crippen LogP contribution in [0.25, 0.3) is 11.0 Å². The second-order valence-electron chi connectivity index (χ2n) is 4.95. The predicted octanol–water partition coefficient (Wildman–Crippen LogP) is 0.560. The van der Waals surface area contributed by atoms with E-state index in [9.17, 15) is 14.4 Å². The summed E-state index contributed by atoms with van der Waals surface area (Å²) in [6.45, 7) is 1.54. The Morgan fingerprint density at radius 2 is 1.82 bits per heavy atom. The summed E-state index contributed by atoms with van der Waals surface area (Å²) in [5.74, 6) is -0.384. The topological polar surface area (TPSA) is 94.4 Å². The van der Waals surface area contributed by atoms with Gasteiger partial charge in [0.2, 0.25) is 5.91 Å². The van der Waals surface area contributed by atoms with E-state index in [1.54, 1.807) is 39.2 Å². The van der Waals surface area contributed by atoms with E-state index in [0.717, 1.165) is 5.52 Å². The number of methoxy groups -OCH3 is 1. The van der Waals surface area contributed by atoms with Crippen LogP contribution in [0.3, 0.4) is 0 Å². The quantitative estimate of drug-likeness (QED) is 0.866. The molecular weight excluding hydrogens is 288 g/mol. The zero-order valence-corrected chi connectivity index (χ0v) is 12.8. The van der Waals surface area contributed by atoms with Crippen LogP contribution >= 0.6 is 0 Å². The molecule has 0 aliphatic rings. The number of carbonyl (C=O) groups excluding carboxylic acids is 2. The highest BCUT2D eigenvalue weighted by atomic mass is 16.5. The number of hydrogen-bond donors (Lipinski definition) is 2. The number of hydrogen-bond acceptors (Lipinski definition) is 4. The number of alkyl carbamates (subject to hydrolysis) is 1. The number of imidazole rings is 1. The molecule has 0 radical (unpaired) electrons. The smallest absolute Gasteiger partial charge is 0.407 e. The van der Waals surface area contributed by atoms with Crippen molar-refractivity contribution < 1.29 is 14.3 Å². The Balaban J connectivity index is 2.22. The molecule has 0 spiro atoms. The first-order valence-corrected chi connectivity index (χ1v) is 6.66. The zero-order chi connectivity index (χ0) is 16.4. The number of nitrogens with zero attached hydrogens (tertiary/aromatic N) is 2. The Labute approximate surface area is 126 Å². The lowest BCUT2D eigenvalue weighted by atomic mass is 10.2. The lowest BCUT2D eigenvalue weighted by Gasteiger charge is -2.13. The highest BCUT2D eigenvalue weighted by Crippen LogP contribution is 2.17. The standard InChI is InChI=1S/C14H18N4O4/c1-8(15-13(20)22-4)12(19)16-9-5-6-10-11(7-9)18(3)14(21)17(10)2/h5-8H,1-4H3,(H,15,20)(H,16,19)/t8-/m0/s1. The van der Waals surface area contributed by atoms with Crippen molar-refractivity contribution in [1.29, 1.82) is 0 Å². The molecule has 118 valence electrons. The molecule has 8 nitrogen and oxygen atoms in total. The highest BCUT2D eigenvalue weighted by molar-refractivity contribution is 5.97. The van der Waals surface area contributed by atoms with Gasteiger partial charge in [0.05, 0.1) is 18.1 Å². The van der Waals surface area contributed by atoms with Gasteiger partial charge in [-0.25, -0.2) is 9.59 Å². The number of nitrogens with one attached hydrogen (secondary N) is 2. The Morgan fingerprint density at radius 3 is 2.45 bits per heavy atom. The summed E-state index contributed by atoms with van der Waals surface area (Å²) >= 11 is 0.